The predicted octanol–water partition coefficient (Wildman–Crippen LogP) is 3.70. The van der Waals surface area contributed by atoms with Crippen LogP contribution in [0.15, 0.2) is 59.0 Å². The van der Waals surface area contributed by atoms with Crippen LogP contribution in [0.3, 0.4) is 0 Å². The maximum absolute atomic E-state index is 12.9. The first-order valence-electron chi connectivity index (χ1n) is 8.55. The molecular formula is C19H17N7O2. The lowest BCUT2D eigenvalue weighted by Crippen LogP contribution is -2.41. The third kappa shape index (κ3) is 2.73. The number of hydrogen-bond acceptors (Lipinski definition) is 6. The molecule has 3 heterocycles. The van der Waals surface area contributed by atoms with E-state index in [0.717, 1.165) is 5.56 Å². The molecule has 1 aromatic carbocycles. The van der Waals surface area contributed by atoms with Crippen molar-refractivity contribution in [3.05, 3.63) is 59.9 Å². The third-order valence-electron chi connectivity index (χ3n) is 4.50. The van der Waals surface area contributed by atoms with Gasteiger partial charge in [-0.1, -0.05) is 18.2 Å². The van der Waals surface area contributed by atoms with Gasteiger partial charge in [0.2, 0.25) is 0 Å². The van der Waals surface area contributed by atoms with Crippen LogP contribution in [0.4, 0.5) is 27.8 Å². The Morgan fingerprint density at radius 2 is 1.82 bits per heavy atom. The summed E-state index contributed by atoms with van der Waals surface area (Å²) in [6.45, 7) is 1.93. The van der Waals surface area contributed by atoms with Crippen molar-refractivity contribution in [3.63, 3.8) is 0 Å². The molecule has 4 rings (SSSR count). The van der Waals surface area contributed by atoms with Gasteiger partial charge in [0.25, 0.3) is 5.91 Å². The Hall–Kier alpha value is -3.88. The number of amides is 2. The average molecular weight is 375 g/mol. The van der Waals surface area contributed by atoms with Crippen molar-refractivity contribution in [1.29, 1.82) is 0 Å². The van der Waals surface area contributed by atoms with Crippen molar-refractivity contribution in [2.45, 2.75) is 6.92 Å². The Morgan fingerprint density at radius 1 is 1.04 bits per heavy atom. The van der Waals surface area contributed by atoms with Gasteiger partial charge >= 0.3 is 6.03 Å². The van der Waals surface area contributed by atoms with Crippen molar-refractivity contribution in [3.8, 4) is 0 Å². The molecule has 1 aliphatic heterocycles. The first-order valence-corrected chi connectivity index (χ1v) is 8.55. The van der Waals surface area contributed by atoms with Crippen LogP contribution in [0.5, 0.6) is 0 Å². The molecule has 0 aliphatic carbocycles. The van der Waals surface area contributed by atoms with Gasteiger partial charge in [-0.15, -0.1) is 10.2 Å². The summed E-state index contributed by atoms with van der Waals surface area (Å²) < 4.78 is 1.17. The van der Waals surface area contributed by atoms with Crippen molar-refractivity contribution < 1.29 is 9.59 Å². The van der Waals surface area contributed by atoms with Gasteiger partial charge in [-0.25, -0.2) is 4.79 Å². The first kappa shape index (κ1) is 17.5. The minimum absolute atomic E-state index is 0.268. The minimum Gasteiger partial charge on any atom is -0.279 e. The highest BCUT2D eigenvalue weighted by molar-refractivity contribution is 6.13. The molecule has 2 aromatic heterocycles. The van der Waals surface area contributed by atoms with Crippen LogP contribution in [-0.2, 0) is 0 Å². The van der Waals surface area contributed by atoms with Crippen LogP contribution in [0.1, 0.15) is 15.9 Å². The zero-order valence-corrected chi connectivity index (χ0v) is 15.6. The van der Waals surface area contributed by atoms with Gasteiger partial charge in [-0.05, 0) is 30.7 Å². The van der Waals surface area contributed by atoms with Crippen LogP contribution in [0.25, 0.3) is 0 Å². The SMILES string of the molecule is Cc1ccccc1N=Nc1c2nn(C(=O)c3cccnc3)c1N(C)C(=O)N2C. The van der Waals surface area contributed by atoms with E-state index >= 15 is 0 Å². The van der Waals surface area contributed by atoms with Crippen LogP contribution in [0.2, 0.25) is 0 Å². The number of pyridine rings is 1. The van der Waals surface area contributed by atoms with Crippen molar-refractivity contribution in [1.82, 2.24) is 14.8 Å². The highest BCUT2D eigenvalue weighted by atomic mass is 16.2. The molecular weight excluding hydrogens is 358 g/mol. The second-order valence-corrected chi connectivity index (χ2v) is 6.34. The summed E-state index contributed by atoms with van der Waals surface area (Å²) in [5, 5.41) is 13.0. The quantitative estimate of drug-likeness (QED) is 0.652. The highest BCUT2D eigenvalue weighted by Crippen LogP contribution is 2.43. The number of nitrogens with zero attached hydrogens (tertiary/aromatic N) is 7. The van der Waals surface area contributed by atoms with Gasteiger partial charge in [-0.3, -0.25) is 19.6 Å². The number of rotatable bonds is 3. The van der Waals surface area contributed by atoms with E-state index in [1.807, 2.05) is 31.2 Å². The van der Waals surface area contributed by atoms with E-state index in [9.17, 15) is 9.59 Å². The number of carbonyl (C=O) groups excluding carboxylic acids is 2. The molecule has 3 aromatic rings. The predicted molar refractivity (Wildman–Crippen MR) is 104 cm³/mol. The Balaban J connectivity index is 1.85. The molecule has 9 heteroatoms. The van der Waals surface area contributed by atoms with Crippen LogP contribution in [0, 0.1) is 6.92 Å². The normalized spacial score (nSPS) is 13.5. The van der Waals surface area contributed by atoms with Gasteiger partial charge in [0.1, 0.15) is 0 Å². The van der Waals surface area contributed by atoms with E-state index in [4.69, 9.17) is 0 Å². The highest BCUT2D eigenvalue weighted by Gasteiger charge is 2.37. The number of urea groups is 1. The lowest BCUT2D eigenvalue weighted by atomic mass is 10.2. The van der Waals surface area contributed by atoms with Gasteiger partial charge < -0.3 is 0 Å². The summed E-state index contributed by atoms with van der Waals surface area (Å²) in [5.41, 5.74) is 2.36. The molecule has 0 saturated heterocycles. The molecule has 2 amide bonds. The van der Waals surface area contributed by atoms with Crippen LogP contribution in [-0.4, -0.2) is 40.8 Å². The fraction of sp³-hybridized carbons (Fsp3) is 0.158. The molecule has 0 atom stereocenters. The Kier molecular flexibility index (Phi) is 4.19. The fourth-order valence-corrected chi connectivity index (χ4v) is 2.94. The number of aromatic nitrogens is 3. The summed E-state index contributed by atoms with van der Waals surface area (Å²) in [7, 11) is 3.15. The van der Waals surface area contributed by atoms with E-state index in [-0.39, 0.29) is 17.7 Å². The monoisotopic (exact) mass is 375 g/mol. The molecule has 0 spiro atoms. The number of hydrogen-bond donors (Lipinski definition) is 0. The molecule has 28 heavy (non-hydrogen) atoms. The van der Waals surface area contributed by atoms with Crippen molar-refractivity contribution in [2.24, 2.45) is 10.2 Å². The third-order valence-corrected chi connectivity index (χ3v) is 4.50. The minimum atomic E-state index is -0.406. The number of aryl methyl sites for hydroxylation is 1. The molecule has 2 bridgehead atoms. The topological polar surface area (TPSA) is 96.0 Å². The molecule has 0 unspecified atom stereocenters. The van der Waals surface area contributed by atoms with Crippen molar-refractivity contribution >= 4 is 34.9 Å². The lowest BCUT2D eigenvalue weighted by molar-refractivity contribution is 0.0947. The fourth-order valence-electron chi connectivity index (χ4n) is 2.94. The summed E-state index contributed by atoms with van der Waals surface area (Å²) >= 11 is 0. The second-order valence-electron chi connectivity index (χ2n) is 6.34. The van der Waals surface area contributed by atoms with E-state index < -0.39 is 5.91 Å². The summed E-state index contributed by atoms with van der Waals surface area (Å²) in [4.78, 5) is 32.1. The van der Waals surface area contributed by atoms with Crippen LogP contribution >= 0.6 is 0 Å². The Bertz CT molecular complexity index is 1100. The molecule has 0 saturated carbocycles. The number of benzene rings is 1. The lowest BCUT2D eigenvalue weighted by Gasteiger charge is -2.26. The molecule has 1 aliphatic rings. The molecule has 0 N–H and O–H groups in total. The molecule has 0 radical (unpaired) electrons. The number of azo groups is 1. The van der Waals surface area contributed by atoms with Gasteiger partial charge in [-0.2, -0.15) is 9.80 Å². The van der Waals surface area contributed by atoms with Gasteiger partial charge in [0.15, 0.2) is 17.3 Å². The van der Waals surface area contributed by atoms with Gasteiger partial charge in [0, 0.05) is 26.5 Å². The standard InChI is InChI=1S/C19H17N7O2/c1-12-7-4-5-9-14(12)21-22-15-16-23-26(17(15)25(3)19(28)24(16)2)18(27)13-8-6-10-20-11-13/h4-11H,1-3H3. The average Bonchev–Trinajstić information content (AvgIpc) is 3.06. The van der Waals surface area contributed by atoms with E-state index in [1.54, 1.807) is 32.4 Å². The Morgan fingerprint density at radius 3 is 2.54 bits per heavy atom. The smallest absolute Gasteiger partial charge is 0.279 e. The largest absolute Gasteiger partial charge is 0.330 e. The molecule has 9 nitrogen and oxygen atoms in total. The summed E-state index contributed by atoms with van der Waals surface area (Å²) in [5.74, 6) is 0.133. The summed E-state index contributed by atoms with van der Waals surface area (Å²) in [6.07, 6.45) is 3.03. The van der Waals surface area contributed by atoms with Gasteiger partial charge in [0.05, 0.1) is 11.3 Å². The Labute approximate surface area is 160 Å². The van der Waals surface area contributed by atoms with Crippen LogP contribution < -0.4 is 9.80 Å². The summed E-state index contributed by atoms with van der Waals surface area (Å²) in [6, 6.07) is 10.5. The maximum Gasteiger partial charge on any atom is 0.330 e. The van der Waals surface area contributed by atoms with E-state index in [1.165, 1.54) is 20.7 Å². The first-order chi connectivity index (χ1) is 13.5. The van der Waals surface area contributed by atoms with E-state index in [2.05, 4.69) is 20.3 Å². The number of carbonyl (C=O) groups is 2. The maximum atomic E-state index is 12.9. The second kappa shape index (κ2) is 6.69. The number of fused-ring (bicyclic) bond motifs is 2. The van der Waals surface area contributed by atoms with E-state index in [0.29, 0.717) is 16.9 Å². The molecule has 140 valence electrons. The molecule has 0 fully saturated rings. The van der Waals surface area contributed by atoms with Crippen molar-refractivity contribution in [2.75, 3.05) is 23.9 Å². The zero-order valence-electron chi connectivity index (χ0n) is 15.6. The number of anilines is 2. The zero-order chi connectivity index (χ0) is 19.8.